The third-order valence-electron chi connectivity index (χ3n) is 3.35. The molecule has 1 saturated heterocycles. The molecule has 0 unspecified atom stereocenters. The van der Waals surface area contributed by atoms with E-state index >= 15 is 0 Å². The predicted octanol–water partition coefficient (Wildman–Crippen LogP) is 2.04. The van der Waals surface area contributed by atoms with E-state index < -0.39 is 17.2 Å². The van der Waals surface area contributed by atoms with Crippen LogP contribution in [0.3, 0.4) is 0 Å². The Hall–Kier alpha value is -1.82. The smallest absolute Gasteiger partial charge is 0.141 e. The summed E-state index contributed by atoms with van der Waals surface area (Å²) in [6.45, 7) is 2.25. The molecule has 1 aromatic heterocycles. The molecule has 4 nitrogen and oxygen atoms in total. The van der Waals surface area contributed by atoms with Crippen LogP contribution in [0.15, 0.2) is 30.9 Å². The standard InChI is InChI=1S/C12H11F2N3O/c1-8(17-7-15-6-16-17)12(5-18-12)10-3-2-9(13)4-11(10)14/h2-4,6-8H,5H2,1H3/t8-,12-/m1/s1. The van der Waals surface area contributed by atoms with Crippen molar-refractivity contribution in [2.75, 3.05) is 6.61 Å². The fraction of sp³-hybridized carbons (Fsp3) is 0.333. The van der Waals surface area contributed by atoms with Crippen molar-refractivity contribution < 1.29 is 13.5 Å². The van der Waals surface area contributed by atoms with Gasteiger partial charge in [0.05, 0.1) is 12.6 Å². The monoisotopic (exact) mass is 251 g/mol. The van der Waals surface area contributed by atoms with Gasteiger partial charge in [0, 0.05) is 11.6 Å². The number of nitrogens with zero attached hydrogens (tertiary/aromatic N) is 3. The SMILES string of the molecule is C[C@@H](n1cncn1)[C@@]1(c2ccc(F)cc2F)CO1. The van der Waals surface area contributed by atoms with E-state index in [1.165, 1.54) is 18.5 Å². The van der Waals surface area contributed by atoms with Crippen molar-refractivity contribution in [2.24, 2.45) is 0 Å². The van der Waals surface area contributed by atoms with Gasteiger partial charge in [0.25, 0.3) is 0 Å². The molecular weight excluding hydrogens is 240 g/mol. The molecule has 94 valence electrons. The fourth-order valence-corrected chi connectivity index (χ4v) is 2.16. The maximum absolute atomic E-state index is 13.8. The molecule has 0 amide bonds. The van der Waals surface area contributed by atoms with E-state index in [0.29, 0.717) is 12.2 Å². The molecule has 6 heteroatoms. The van der Waals surface area contributed by atoms with E-state index in [-0.39, 0.29) is 6.04 Å². The van der Waals surface area contributed by atoms with Crippen molar-refractivity contribution in [3.63, 3.8) is 0 Å². The second-order valence-electron chi connectivity index (χ2n) is 4.35. The van der Waals surface area contributed by atoms with Crippen molar-refractivity contribution in [3.8, 4) is 0 Å². The van der Waals surface area contributed by atoms with E-state index in [0.717, 1.165) is 6.07 Å². The summed E-state index contributed by atoms with van der Waals surface area (Å²) in [5, 5.41) is 4.02. The third kappa shape index (κ3) is 1.60. The Morgan fingerprint density at radius 3 is 2.78 bits per heavy atom. The van der Waals surface area contributed by atoms with Crippen LogP contribution in [0.4, 0.5) is 8.78 Å². The molecule has 3 rings (SSSR count). The van der Waals surface area contributed by atoms with Crippen LogP contribution in [-0.4, -0.2) is 21.4 Å². The molecule has 0 saturated carbocycles. The van der Waals surface area contributed by atoms with Crippen LogP contribution in [0.5, 0.6) is 0 Å². The van der Waals surface area contributed by atoms with Gasteiger partial charge in [-0.05, 0) is 13.0 Å². The number of hydrogen-bond donors (Lipinski definition) is 0. The first-order valence-electron chi connectivity index (χ1n) is 5.57. The Balaban J connectivity index is 2.00. The van der Waals surface area contributed by atoms with Crippen LogP contribution < -0.4 is 0 Å². The number of aromatic nitrogens is 3. The topological polar surface area (TPSA) is 43.2 Å². The predicted molar refractivity (Wildman–Crippen MR) is 58.7 cm³/mol. The number of rotatable bonds is 3. The second kappa shape index (κ2) is 3.84. The lowest BCUT2D eigenvalue weighted by Gasteiger charge is -2.21. The molecule has 1 aliphatic heterocycles. The molecule has 0 radical (unpaired) electrons. The van der Waals surface area contributed by atoms with Gasteiger partial charge >= 0.3 is 0 Å². The Kier molecular flexibility index (Phi) is 2.41. The second-order valence-corrected chi connectivity index (χ2v) is 4.35. The fourth-order valence-electron chi connectivity index (χ4n) is 2.16. The Labute approximate surface area is 102 Å². The molecule has 0 N–H and O–H groups in total. The summed E-state index contributed by atoms with van der Waals surface area (Å²) < 4.78 is 33.8. The van der Waals surface area contributed by atoms with Crippen LogP contribution in [0.2, 0.25) is 0 Å². The van der Waals surface area contributed by atoms with Crippen LogP contribution in [0.1, 0.15) is 18.5 Å². The highest BCUT2D eigenvalue weighted by molar-refractivity contribution is 5.30. The van der Waals surface area contributed by atoms with E-state index in [2.05, 4.69) is 10.1 Å². The summed E-state index contributed by atoms with van der Waals surface area (Å²) in [5.74, 6) is -1.19. The summed E-state index contributed by atoms with van der Waals surface area (Å²) in [6.07, 6.45) is 2.96. The van der Waals surface area contributed by atoms with Gasteiger partial charge in [-0.3, -0.25) is 0 Å². The Bertz CT molecular complexity index is 567. The van der Waals surface area contributed by atoms with Crippen LogP contribution in [-0.2, 0) is 10.3 Å². The van der Waals surface area contributed by atoms with Gasteiger partial charge in [-0.1, -0.05) is 6.07 Å². The highest BCUT2D eigenvalue weighted by Crippen LogP contribution is 2.48. The number of halogens is 2. The van der Waals surface area contributed by atoms with Gasteiger partial charge in [-0.15, -0.1) is 0 Å². The lowest BCUT2D eigenvalue weighted by Crippen LogP contribution is -2.25. The highest BCUT2D eigenvalue weighted by atomic mass is 19.1. The van der Waals surface area contributed by atoms with Crippen LogP contribution in [0, 0.1) is 11.6 Å². The quantitative estimate of drug-likeness (QED) is 0.784. The van der Waals surface area contributed by atoms with Crippen molar-refractivity contribution >= 4 is 0 Å². The van der Waals surface area contributed by atoms with E-state index in [1.54, 1.807) is 11.0 Å². The largest absolute Gasteiger partial charge is 0.362 e. The highest BCUT2D eigenvalue weighted by Gasteiger charge is 2.54. The molecule has 1 fully saturated rings. The minimum absolute atomic E-state index is 0.208. The summed E-state index contributed by atoms with van der Waals surface area (Å²) in [4.78, 5) is 3.86. The lowest BCUT2D eigenvalue weighted by molar-refractivity contribution is 0.214. The molecule has 2 heterocycles. The van der Waals surface area contributed by atoms with Gasteiger partial charge in [-0.25, -0.2) is 18.4 Å². The zero-order valence-electron chi connectivity index (χ0n) is 9.68. The number of epoxide rings is 1. The van der Waals surface area contributed by atoms with Gasteiger partial charge < -0.3 is 4.74 Å². The Morgan fingerprint density at radius 2 is 2.22 bits per heavy atom. The molecule has 2 aromatic rings. The third-order valence-corrected chi connectivity index (χ3v) is 3.35. The van der Waals surface area contributed by atoms with Gasteiger partial charge in [0.2, 0.25) is 0 Å². The molecular formula is C12H11F2N3O. The molecule has 1 aliphatic rings. The summed E-state index contributed by atoms with van der Waals surface area (Å²) in [7, 11) is 0. The minimum atomic E-state index is -0.772. The first-order valence-corrected chi connectivity index (χ1v) is 5.57. The molecule has 0 bridgehead atoms. The van der Waals surface area contributed by atoms with E-state index in [4.69, 9.17) is 4.74 Å². The number of benzene rings is 1. The van der Waals surface area contributed by atoms with Crippen LogP contribution >= 0.6 is 0 Å². The first kappa shape index (κ1) is 11.3. The maximum Gasteiger partial charge on any atom is 0.141 e. The normalized spacial score (nSPS) is 23.9. The van der Waals surface area contributed by atoms with Gasteiger partial charge in [0.1, 0.15) is 29.9 Å². The Morgan fingerprint density at radius 1 is 1.44 bits per heavy atom. The maximum atomic E-state index is 13.8. The molecule has 0 spiro atoms. The average molecular weight is 251 g/mol. The van der Waals surface area contributed by atoms with Crippen molar-refractivity contribution in [1.82, 2.24) is 14.8 Å². The van der Waals surface area contributed by atoms with E-state index in [9.17, 15) is 8.78 Å². The summed E-state index contributed by atoms with van der Waals surface area (Å²) in [6, 6.07) is 3.31. The van der Waals surface area contributed by atoms with Crippen molar-refractivity contribution in [1.29, 1.82) is 0 Å². The summed E-state index contributed by atoms with van der Waals surface area (Å²) in [5.41, 5.74) is -0.419. The summed E-state index contributed by atoms with van der Waals surface area (Å²) >= 11 is 0. The molecule has 2 atom stereocenters. The van der Waals surface area contributed by atoms with E-state index in [1.807, 2.05) is 6.92 Å². The van der Waals surface area contributed by atoms with Gasteiger partial charge in [0.15, 0.2) is 0 Å². The minimum Gasteiger partial charge on any atom is -0.362 e. The van der Waals surface area contributed by atoms with Crippen molar-refractivity contribution in [2.45, 2.75) is 18.6 Å². The number of ether oxygens (including phenoxy) is 1. The molecule has 1 aromatic carbocycles. The lowest BCUT2D eigenvalue weighted by atomic mass is 9.92. The average Bonchev–Trinajstić information content (AvgIpc) is 2.95. The zero-order valence-corrected chi connectivity index (χ0v) is 9.68. The first-order chi connectivity index (χ1) is 8.63. The zero-order chi connectivity index (χ0) is 12.8. The van der Waals surface area contributed by atoms with Crippen LogP contribution in [0.25, 0.3) is 0 Å². The van der Waals surface area contributed by atoms with Gasteiger partial charge in [-0.2, -0.15) is 5.10 Å². The van der Waals surface area contributed by atoms with Crippen molar-refractivity contribution in [3.05, 3.63) is 48.1 Å². The molecule has 18 heavy (non-hydrogen) atoms. The number of hydrogen-bond acceptors (Lipinski definition) is 3. The molecule has 0 aliphatic carbocycles.